The van der Waals surface area contributed by atoms with Crippen LogP contribution in [0.2, 0.25) is 0 Å². The van der Waals surface area contributed by atoms with Gasteiger partial charge in [0.05, 0.1) is 28.5 Å². The van der Waals surface area contributed by atoms with Crippen molar-refractivity contribution in [2.45, 2.75) is 58.8 Å². The lowest BCUT2D eigenvalue weighted by atomic mass is 9.92. The Morgan fingerprint density at radius 1 is 1.07 bits per heavy atom. The maximum absolute atomic E-state index is 12.4. The molecule has 3 aromatic rings. The van der Waals surface area contributed by atoms with E-state index in [0.717, 1.165) is 46.3 Å². The third-order valence-electron chi connectivity index (χ3n) is 4.96. The highest BCUT2D eigenvalue weighted by atomic mass is 16.5. The van der Waals surface area contributed by atoms with Gasteiger partial charge in [-0.05, 0) is 12.5 Å². The van der Waals surface area contributed by atoms with E-state index in [1.807, 2.05) is 20.2 Å². The van der Waals surface area contributed by atoms with Gasteiger partial charge in [-0.25, -0.2) is 4.79 Å². The third kappa shape index (κ3) is 3.70. The van der Waals surface area contributed by atoms with Gasteiger partial charge in [0.1, 0.15) is 11.5 Å². The first-order valence-corrected chi connectivity index (χ1v) is 9.85. The number of aromatic amines is 3. The number of carbonyl (C=O) groups excluding carboxylic acids is 1. The smallest absolute Gasteiger partial charge is 0.354 e. The number of carbonyl (C=O) groups is 1. The standard InChI is InChI=1S/C21H32N4O2/c1-7-8-9-10-11-27-20(26)14-12-13-16(23-14)15-17(22-13)18(21(2,3)4)24-19(15)25(5)6/h12,22-24H,7-11H2,1-6H3. The summed E-state index contributed by atoms with van der Waals surface area (Å²) in [5, 5.41) is 1.09. The second kappa shape index (κ2) is 7.33. The van der Waals surface area contributed by atoms with Crippen LogP contribution >= 0.6 is 0 Å². The normalized spacial score (nSPS) is 12.2. The number of nitrogens with one attached hydrogen (secondary N) is 3. The molecule has 0 saturated heterocycles. The summed E-state index contributed by atoms with van der Waals surface area (Å²) in [6.45, 7) is 9.21. The average molecular weight is 373 g/mol. The average Bonchev–Trinajstić information content (AvgIpc) is 3.22. The van der Waals surface area contributed by atoms with Crippen LogP contribution in [0.25, 0.3) is 21.9 Å². The first-order chi connectivity index (χ1) is 12.7. The van der Waals surface area contributed by atoms with Crippen LogP contribution in [0, 0.1) is 0 Å². The van der Waals surface area contributed by atoms with Crippen molar-refractivity contribution in [1.82, 2.24) is 15.0 Å². The van der Waals surface area contributed by atoms with Crippen LogP contribution in [0.4, 0.5) is 5.82 Å². The Labute approximate surface area is 160 Å². The van der Waals surface area contributed by atoms with E-state index in [-0.39, 0.29) is 11.4 Å². The van der Waals surface area contributed by atoms with E-state index < -0.39 is 0 Å². The van der Waals surface area contributed by atoms with Gasteiger partial charge in [0.2, 0.25) is 0 Å². The molecule has 0 aliphatic rings. The Morgan fingerprint density at radius 3 is 2.44 bits per heavy atom. The molecule has 0 fully saturated rings. The van der Waals surface area contributed by atoms with Gasteiger partial charge in [-0.1, -0.05) is 47.0 Å². The minimum atomic E-state index is -0.290. The number of unbranched alkanes of at least 4 members (excludes halogenated alkanes) is 3. The van der Waals surface area contributed by atoms with Crippen molar-refractivity contribution in [2.75, 3.05) is 25.6 Å². The number of hydrogen-bond acceptors (Lipinski definition) is 3. The maximum Gasteiger partial charge on any atom is 0.354 e. The zero-order valence-electron chi connectivity index (χ0n) is 17.4. The van der Waals surface area contributed by atoms with Crippen LogP contribution < -0.4 is 4.90 Å². The molecule has 6 heteroatoms. The fraction of sp³-hybridized carbons (Fsp3) is 0.571. The summed E-state index contributed by atoms with van der Waals surface area (Å²) in [6.07, 6.45) is 4.37. The minimum Gasteiger partial charge on any atom is -0.461 e. The SMILES string of the molecule is CCCCCCOC(=O)c1cc2[nH]c3c(C(C)(C)C)[nH]c(N(C)C)c3c2[nH]1. The first-order valence-electron chi connectivity index (χ1n) is 9.85. The predicted octanol–water partition coefficient (Wildman–Crippen LogP) is 5.08. The van der Waals surface area contributed by atoms with Gasteiger partial charge in [-0.2, -0.15) is 0 Å². The Balaban J connectivity index is 1.92. The van der Waals surface area contributed by atoms with Gasteiger partial charge in [0.15, 0.2) is 0 Å². The number of nitrogens with zero attached hydrogens (tertiary/aromatic N) is 1. The molecule has 0 aliphatic carbocycles. The number of aromatic nitrogens is 3. The molecule has 0 radical (unpaired) electrons. The van der Waals surface area contributed by atoms with Gasteiger partial charge in [0, 0.05) is 25.2 Å². The van der Waals surface area contributed by atoms with Crippen molar-refractivity contribution in [1.29, 1.82) is 0 Å². The maximum atomic E-state index is 12.4. The Kier molecular flexibility index (Phi) is 5.27. The van der Waals surface area contributed by atoms with Crippen molar-refractivity contribution in [3.8, 4) is 0 Å². The molecular formula is C21H32N4O2. The van der Waals surface area contributed by atoms with Crippen molar-refractivity contribution in [3.05, 3.63) is 17.5 Å². The molecule has 148 valence electrons. The van der Waals surface area contributed by atoms with Gasteiger partial charge in [0.25, 0.3) is 0 Å². The molecule has 0 spiro atoms. The van der Waals surface area contributed by atoms with Crippen molar-refractivity contribution < 1.29 is 9.53 Å². The summed E-state index contributed by atoms with van der Waals surface area (Å²) in [5.74, 6) is 0.741. The lowest BCUT2D eigenvalue weighted by molar-refractivity contribution is 0.0492. The van der Waals surface area contributed by atoms with Crippen molar-refractivity contribution in [2.24, 2.45) is 0 Å². The molecule has 0 unspecified atom stereocenters. The predicted molar refractivity (Wildman–Crippen MR) is 112 cm³/mol. The molecule has 0 atom stereocenters. The van der Waals surface area contributed by atoms with E-state index in [9.17, 15) is 4.79 Å². The third-order valence-corrected chi connectivity index (χ3v) is 4.96. The molecule has 27 heavy (non-hydrogen) atoms. The fourth-order valence-corrected chi connectivity index (χ4v) is 3.52. The largest absolute Gasteiger partial charge is 0.461 e. The number of hydrogen-bond donors (Lipinski definition) is 3. The number of rotatable bonds is 7. The first kappa shape index (κ1) is 19.4. The summed E-state index contributed by atoms with van der Waals surface area (Å²) in [5.41, 5.74) is 4.60. The van der Waals surface area contributed by atoms with E-state index in [0.29, 0.717) is 12.3 Å². The van der Waals surface area contributed by atoms with Gasteiger partial charge in [-0.15, -0.1) is 0 Å². The van der Waals surface area contributed by atoms with Gasteiger partial charge < -0.3 is 24.6 Å². The van der Waals surface area contributed by atoms with E-state index in [1.165, 1.54) is 12.8 Å². The molecular weight excluding hydrogens is 340 g/mol. The monoisotopic (exact) mass is 372 g/mol. The summed E-state index contributed by atoms with van der Waals surface area (Å²) in [4.78, 5) is 24.8. The minimum absolute atomic E-state index is 0.0188. The van der Waals surface area contributed by atoms with Crippen LogP contribution in [0.5, 0.6) is 0 Å². The quantitative estimate of drug-likeness (QED) is 0.400. The number of ether oxygens (including phenoxy) is 1. The van der Waals surface area contributed by atoms with Crippen LogP contribution in [0.3, 0.4) is 0 Å². The number of fused-ring (bicyclic) bond motifs is 3. The van der Waals surface area contributed by atoms with Crippen LogP contribution in [0.15, 0.2) is 6.07 Å². The Bertz CT molecular complexity index is 937. The van der Waals surface area contributed by atoms with E-state index in [4.69, 9.17) is 4.74 Å². The van der Waals surface area contributed by atoms with E-state index in [1.54, 1.807) is 0 Å². The highest BCUT2D eigenvalue weighted by Crippen LogP contribution is 2.39. The van der Waals surface area contributed by atoms with Crippen molar-refractivity contribution >= 4 is 33.7 Å². The van der Waals surface area contributed by atoms with Crippen molar-refractivity contribution in [3.63, 3.8) is 0 Å². The molecule has 0 bridgehead atoms. The molecule has 0 aromatic carbocycles. The lowest BCUT2D eigenvalue weighted by Gasteiger charge is -2.17. The summed E-state index contributed by atoms with van der Waals surface area (Å²) < 4.78 is 5.42. The molecule has 0 saturated carbocycles. The molecule has 0 aliphatic heterocycles. The topological polar surface area (TPSA) is 76.9 Å². The van der Waals surface area contributed by atoms with Crippen LogP contribution in [-0.2, 0) is 10.2 Å². The highest BCUT2D eigenvalue weighted by Gasteiger charge is 2.26. The van der Waals surface area contributed by atoms with E-state index in [2.05, 4.69) is 47.5 Å². The second-order valence-electron chi connectivity index (χ2n) is 8.54. The van der Waals surface area contributed by atoms with Crippen LogP contribution in [0.1, 0.15) is 69.6 Å². The number of esters is 1. The summed E-state index contributed by atoms with van der Waals surface area (Å²) >= 11 is 0. The highest BCUT2D eigenvalue weighted by molar-refractivity contribution is 6.14. The van der Waals surface area contributed by atoms with E-state index >= 15 is 0 Å². The Hall–Kier alpha value is -2.37. The fourth-order valence-electron chi connectivity index (χ4n) is 3.52. The summed E-state index contributed by atoms with van der Waals surface area (Å²) in [6, 6.07) is 1.86. The summed E-state index contributed by atoms with van der Waals surface area (Å²) in [7, 11) is 4.04. The molecule has 0 amide bonds. The number of anilines is 1. The molecule has 3 rings (SSSR count). The van der Waals surface area contributed by atoms with Gasteiger partial charge in [-0.3, -0.25) is 0 Å². The lowest BCUT2D eigenvalue weighted by Crippen LogP contribution is -2.14. The zero-order valence-corrected chi connectivity index (χ0v) is 17.4. The molecule has 3 heterocycles. The number of H-pyrrole nitrogens is 3. The zero-order chi connectivity index (χ0) is 19.8. The molecule has 3 N–H and O–H groups in total. The second-order valence-corrected chi connectivity index (χ2v) is 8.54. The molecule has 3 aromatic heterocycles. The van der Waals surface area contributed by atoms with Crippen LogP contribution in [-0.4, -0.2) is 41.6 Å². The molecule has 6 nitrogen and oxygen atoms in total. The van der Waals surface area contributed by atoms with Gasteiger partial charge >= 0.3 is 5.97 Å². The Morgan fingerprint density at radius 2 is 1.81 bits per heavy atom.